The van der Waals surface area contributed by atoms with Crippen LogP contribution < -0.4 is 11.3 Å². The van der Waals surface area contributed by atoms with Gasteiger partial charge in [0.1, 0.15) is 5.69 Å². The largest absolute Gasteiger partial charge is 0.336 e. The maximum Gasteiger partial charge on any atom is 0.293 e. The molecule has 19 heavy (non-hydrogen) atoms. The average Bonchev–Trinajstić information content (AvgIpc) is 3.23. The Bertz CT molecular complexity index is 514. The highest BCUT2D eigenvalue weighted by Gasteiger charge is 2.32. The van der Waals surface area contributed by atoms with Crippen molar-refractivity contribution in [2.75, 3.05) is 12.0 Å². The Morgan fingerprint density at radius 2 is 2.26 bits per heavy atom. The molecule has 7 heteroatoms. The van der Waals surface area contributed by atoms with Crippen molar-refractivity contribution >= 4 is 17.3 Å². The van der Waals surface area contributed by atoms with Gasteiger partial charge in [0.15, 0.2) is 0 Å². The fourth-order valence-electron chi connectivity index (χ4n) is 2.06. The van der Waals surface area contributed by atoms with Gasteiger partial charge in [0.25, 0.3) is 11.6 Å². The number of nitrogens with two attached hydrogens (primary N) is 1. The summed E-state index contributed by atoms with van der Waals surface area (Å²) in [6, 6.07) is 4.49. The van der Waals surface area contributed by atoms with Crippen molar-refractivity contribution in [3.8, 4) is 0 Å². The minimum atomic E-state index is -0.540. The maximum atomic E-state index is 12.3. The highest BCUT2D eigenvalue weighted by atomic mass is 16.6. The topological polar surface area (TPSA) is 102 Å². The van der Waals surface area contributed by atoms with E-state index in [1.54, 1.807) is 4.90 Å². The highest BCUT2D eigenvalue weighted by Crippen LogP contribution is 2.30. The van der Waals surface area contributed by atoms with Gasteiger partial charge in [-0.2, -0.15) is 0 Å². The molecule has 2 rings (SSSR count). The van der Waals surface area contributed by atoms with Crippen molar-refractivity contribution in [1.29, 1.82) is 0 Å². The molecule has 0 aliphatic heterocycles. The number of benzene rings is 1. The Morgan fingerprint density at radius 1 is 1.58 bits per heavy atom. The molecule has 1 fully saturated rings. The van der Waals surface area contributed by atoms with Crippen molar-refractivity contribution in [1.82, 2.24) is 4.90 Å². The molecule has 102 valence electrons. The SMILES string of the molecule is CCN(C(=O)c1ccc([N+](=O)[O-])c(NN)c1)C1CC1. The number of amides is 1. The summed E-state index contributed by atoms with van der Waals surface area (Å²) in [6.45, 7) is 2.55. The number of hydrogen-bond acceptors (Lipinski definition) is 5. The summed E-state index contributed by atoms with van der Waals surface area (Å²) in [5.41, 5.74) is 2.67. The van der Waals surface area contributed by atoms with E-state index in [0.717, 1.165) is 12.8 Å². The number of nitrogens with one attached hydrogen (secondary N) is 1. The van der Waals surface area contributed by atoms with Crippen LogP contribution in [0.3, 0.4) is 0 Å². The zero-order chi connectivity index (χ0) is 14.0. The third-order valence-corrected chi connectivity index (χ3v) is 3.18. The first-order chi connectivity index (χ1) is 9.08. The van der Waals surface area contributed by atoms with Crippen LogP contribution in [0, 0.1) is 10.1 Å². The molecule has 0 unspecified atom stereocenters. The lowest BCUT2D eigenvalue weighted by molar-refractivity contribution is -0.384. The number of nitro benzene ring substituents is 1. The summed E-state index contributed by atoms with van der Waals surface area (Å²) >= 11 is 0. The molecule has 1 saturated carbocycles. The molecular formula is C12H16N4O3. The molecule has 1 aromatic carbocycles. The minimum Gasteiger partial charge on any atom is -0.336 e. The van der Waals surface area contributed by atoms with Crippen LogP contribution in [0.4, 0.5) is 11.4 Å². The molecule has 7 nitrogen and oxygen atoms in total. The molecule has 1 aliphatic carbocycles. The summed E-state index contributed by atoms with van der Waals surface area (Å²) in [7, 11) is 0. The second kappa shape index (κ2) is 5.23. The van der Waals surface area contributed by atoms with Crippen LogP contribution in [-0.4, -0.2) is 28.3 Å². The molecule has 1 aliphatic rings. The Balaban J connectivity index is 2.29. The van der Waals surface area contributed by atoms with E-state index < -0.39 is 4.92 Å². The average molecular weight is 264 g/mol. The highest BCUT2D eigenvalue weighted by molar-refractivity contribution is 5.96. The first-order valence-corrected chi connectivity index (χ1v) is 6.14. The van der Waals surface area contributed by atoms with Gasteiger partial charge in [0, 0.05) is 24.2 Å². The van der Waals surface area contributed by atoms with E-state index in [-0.39, 0.29) is 17.3 Å². The van der Waals surface area contributed by atoms with Gasteiger partial charge >= 0.3 is 0 Å². The molecule has 3 N–H and O–H groups in total. The molecule has 0 aromatic heterocycles. The molecule has 1 amide bonds. The van der Waals surface area contributed by atoms with Crippen molar-refractivity contribution in [3.05, 3.63) is 33.9 Å². The lowest BCUT2D eigenvalue weighted by Gasteiger charge is -2.20. The second-order valence-electron chi connectivity index (χ2n) is 4.46. The first-order valence-electron chi connectivity index (χ1n) is 6.14. The second-order valence-corrected chi connectivity index (χ2v) is 4.46. The fraction of sp³-hybridized carbons (Fsp3) is 0.417. The number of nitrogens with zero attached hydrogens (tertiary/aromatic N) is 2. The van der Waals surface area contributed by atoms with Crippen molar-refractivity contribution in [2.45, 2.75) is 25.8 Å². The van der Waals surface area contributed by atoms with Gasteiger partial charge in [0.2, 0.25) is 0 Å². The van der Waals surface area contributed by atoms with Crippen LogP contribution in [0.1, 0.15) is 30.1 Å². The number of hydrogen-bond donors (Lipinski definition) is 2. The van der Waals surface area contributed by atoms with E-state index in [1.807, 2.05) is 6.92 Å². The Kier molecular flexibility index (Phi) is 3.66. The van der Waals surface area contributed by atoms with Gasteiger partial charge in [0.05, 0.1) is 4.92 Å². The van der Waals surface area contributed by atoms with Gasteiger partial charge in [-0.1, -0.05) is 0 Å². The van der Waals surface area contributed by atoms with Crippen LogP contribution in [0.25, 0.3) is 0 Å². The Hall–Kier alpha value is -2.15. The lowest BCUT2D eigenvalue weighted by atomic mass is 10.1. The van der Waals surface area contributed by atoms with Crippen LogP contribution in [0.15, 0.2) is 18.2 Å². The molecule has 0 bridgehead atoms. The van der Waals surface area contributed by atoms with Gasteiger partial charge in [-0.05, 0) is 31.9 Å². The van der Waals surface area contributed by atoms with Gasteiger partial charge in [-0.15, -0.1) is 0 Å². The van der Waals surface area contributed by atoms with Crippen LogP contribution >= 0.6 is 0 Å². The summed E-state index contributed by atoms with van der Waals surface area (Å²) in [5.74, 6) is 5.14. The summed E-state index contributed by atoms with van der Waals surface area (Å²) in [6.07, 6.45) is 2.04. The molecule has 1 aromatic rings. The number of carbonyl (C=O) groups is 1. The van der Waals surface area contributed by atoms with E-state index in [1.165, 1.54) is 18.2 Å². The lowest BCUT2D eigenvalue weighted by Crippen LogP contribution is -2.32. The van der Waals surface area contributed by atoms with Crippen molar-refractivity contribution in [3.63, 3.8) is 0 Å². The summed E-state index contributed by atoms with van der Waals surface area (Å²) in [4.78, 5) is 24.3. The third-order valence-electron chi connectivity index (χ3n) is 3.18. The number of hydrazine groups is 1. The summed E-state index contributed by atoms with van der Waals surface area (Å²) < 4.78 is 0. The quantitative estimate of drug-likeness (QED) is 0.476. The van der Waals surface area contributed by atoms with Gasteiger partial charge in [-0.25, -0.2) is 0 Å². The number of nitro groups is 1. The number of rotatable bonds is 5. The molecule has 0 saturated heterocycles. The van der Waals surface area contributed by atoms with E-state index in [4.69, 9.17) is 5.84 Å². The fourth-order valence-corrected chi connectivity index (χ4v) is 2.06. The van der Waals surface area contributed by atoms with Crippen molar-refractivity contribution < 1.29 is 9.72 Å². The number of nitrogen functional groups attached to an aromatic ring is 1. The third kappa shape index (κ3) is 2.65. The molecule has 0 spiro atoms. The van der Waals surface area contributed by atoms with Gasteiger partial charge in [-0.3, -0.25) is 20.8 Å². The standard InChI is InChI=1S/C12H16N4O3/c1-2-15(9-4-5-9)12(17)8-3-6-11(16(18)19)10(7-8)14-13/h3,6-7,9,14H,2,4-5,13H2,1H3. The predicted octanol–water partition coefficient (Wildman–Crippen LogP) is 1.50. The van der Waals surface area contributed by atoms with E-state index >= 15 is 0 Å². The zero-order valence-corrected chi connectivity index (χ0v) is 10.6. The molecule has 0 radical (unpaired) electrons. The minimum absolute atomic E-state index is 0.114. The Morgan fingerprint density at radius 3 is 2.74 bits per heavy atom. The van der Waals surface area contributed by atoms with Crippen molar-refractivity contribution in [2.24, 2.45) is 5.84 Å². The predicted molar refractivity (Wildman–Crippen MR) is 70.6 cm³/mol. The number of carbonyl (C=O) groups excluding carboxylic acids is 1. The zero-order valence-electron chi connectivity index (χ0n) is 10.6. The Labute approximate surface area is 110 Å². The van der Waals surface area contributed by atoms with E-state index in [2.05, 4.69) is 5.43 Å². The molecular weight excluding hydrogens is 248 g/mol. The molecule has 0 heterocycles. The van der Waals surface area contributed by atoms with Crippen LogP contribution in [0.5, 0.6) is 0 Å². The monoisotopic (exact) mass is 264 g/mol. The van der Waals surface area contributed by atoms with Crippen LogP contribution in [0.2, 0.25) is 0 Å². The first kappa shape index (κ1) is 13.3. The summed E-state index contributed by atoms with van der Waals surface area (Å²) in [5, 5.41) is 10.8. The van der Waals surface area contributed by atoms with E-state index in [9.17, 15) is 14.9 Å². The molecule has 0 atom stereocenters. The normalized spacial score (nSPS) is 14.0. The maximum absolute atomic E-state index is 12.3. The van der Waals surface area contributed by atoms with E-state index in [0.29, 0.717) is 18.2 Å². The van der Waals surface area contributed by atoms with Crippen LogP contribution in [-0.2, 0) is 0 Å². The number of anilines is 1. The smallest absolute Gasteiger partial charge is 0.293 e. The van der Waals surface area contributed by atoms with Gasteiger partial charge < -0.3 is 10.3 Å².